The third-order valence-electron chi connectivity index (χ3n) is 3.94. The Bertz CT molecular complexity index is 512. The number of carbonyl (C=O) groups excluding carboxylic acids is 1. The number of rotatable bonds is 6. The molecule has 1 amide bonds. The molecule has 1 aromatic rings. The highest BCUT2D eigenvalue weighted by molar-refractivity contribution is 6.33. The minimum absolute atomic E-state index is 0.0338. The average Bonchev–Trinajstić information content (AvgIpc) is 2.48. The van der Waals surface area contributed by atoms with E-state index >= 15 is 0 Å². The lowest BCUT2D eigenvalue weighted by Crippen LogP contribution is -2.53. The summed E-state index contributed by atoms with van der Waals surface area (Å²) >= 11 is 6.21. The zero-order valence-corrected chi connectivity index (χ0v) is 13.8. The van der Waals surface area contributed by atoms with Crippen LogP contribution in [-0.4, -0.2) is 61.9 Å². The molecule has 0 saturated carbocycles. The van der Waals surface area contributed by atoms with Crippen LogP contribution in [0.25, 0.3) is 0 Å². The third kappa shape index (κ3) is 3.98. The number of benzene rings is 1. The van der Waals surface area contributed by atoms with Crippen LogP contribution in [0.15, 0.2) is 24.3 Å². The van der Waals surface area contributed by atoms with Crippen LogP contribution in [0.5, 0.6) is 0 Å². The fourth-order valence-electron chi connectivity index (χ4n) is 2.88. The maximum absolute atomic E-state index is 12.8. The van der Waals surface area contributed by atoms with Crippen molar-refractivity contribution in [3.05, 3.63) is 29.3 Å². The standard InChI is InChI=1S/C16H23ClN2O3/c1-18(10-12(20)11-22-2)15-8-5-9-19(16(15)21)14-7-4-3-6-13(14)17/h3-4,6-7,12,15,20H,5,8-11H2,1-2H3/t12-,15+/m1/s1. The topological polar surface area (TPSA) is 53.0 Å². The minimum atomic E-state index is -0.599. The molecule has 0 aromatic heterocycles. The third-order valence-corrected chi connectivity index (χ3v) is 4.26. The number of aliphatic hydroxyl groups is 1. The average molecular weight is 327 g/mol. The highest BCUT2D eigenvalue weighted by atomic mass is 35.5. The van der Waals surface area contributed by atoms with Gasteiger partial charge in [-0.2, -0.15) is 0 Å². The van der Waals surface area contributed by atoms with E-state index < -0.39 is 6.10 Å². The largest absolute Gasteiger partial charge is 0.389 e. The van der Waals surface area contributed by atoms with Gasteiger partial charge in [-0.25, -0.2) is 0 Å². The molecule has 0 bridgehead atoms. The van der Waals surface area contributed by atoms with E-state index in [1.54, 1.807) is 18.1 Å². The number of piperidine rings is 1. The van der Waals surface area contributed by atoms with Gasteiger partial charge in [-0.15, -0.1) is 0 Å². The SMILES string of the molecule is COC[C@H](O)CN(C)[C@H]1CCCN(c2ccccc2Cl)C1=O. The van der Waals surface area contributed by atoms with Gasteiger partial charge in [-0.1, -0.05) is 23.7 Å². The van der Waals surface area contributed by atoms with Crippen molar-refractivity contribution < 1.29 is 14.6 Å². The van der Waals surface area contributed by atoms with Crippen molar-refractivity contribution in [1.82, 2.24) is 4.90 Å². The van der Waals surface area contributed by atoms with E-state index in [0.717, 1.165) is 18.5 Å². The lowest BCUT2D eigenvalue weighted by atomic mass is 10.0. The lowest BCUT2D eigenvalue weighted by Gasteiger charge is -2.37. The zero-order chi connectivity index (χ0) is 16.1. The summed E-state index contributed by atoms with van der Waals surface area (Å²) in [6.45, 7) is 1.34. The van der Waals surface area contributed by atoms with Gasteiger partial charge in [-0.05, 0) is 32.0 Å². The number of hydrogen-bond donors (Lipinski definition) is 1. The molecule has 1 saturated heterocycles. The molecule has 0 unspecified atom stereocenters. The van der Waals surface area contributed by atoms with Gasteiger partial charge in [0.25, 0.3) is 0 Å². The molecule has 1 aliphatic rings. The first-order chi connectivity index (χ1) is 10.5. The van der Waals surface area contributed by atoms with Crippen molar-refractivity contribution in [3.8, 4) is 0 Å². The van der Waals surface area contributed by atoms with Crippen LogP contribution in [0.4, 0.5) is 5.69 Å². The van der Waals surface area contributed by atoms with Gasteiger partial charge in [0.1, 0.15) is 0 Å². The molecule has 1 aromatic carbocycles. The van der Waals surface area contributed by atoms with Gasteiger partial charge in [0, 0.05) is 20.2 Å². The van der Waals surface area contributed by atoms with Crippen LogP contribution in [0.1, 0.15) is 12.8 Å². The molecule has 22 heavy (non-hydrogen) atoms. The Morgan fingerprint density at radius 2 is 2.23 bits per heavy atom. The number of likely N-dealkylation sites (N-methyl/N-ethyl adjacent to an activating group) is 1. The van der Waals surface area contributed by atoms with Gasteiger partial charge < -0.3 is 14.7 Å². The first kappa shape index (κ1) is 17.2. The summed E-state index contributed by atoms with van der Waals surface area (Å²) in [4.78, 5) is 16.4. The minimum Gasteiger partial charge on any atom is -0.389 e. The molecule has 0 spiro atoms. The smallest absolute Gasteiger partial charge is 0.244 e. The Kier molecular flexibility index (Phi) is 6.20. The number of anilines is 1. The number of nitrogens with zero attached hydrogens (tertiary/aromatic N) is 2. The van der Waals surface area contributed by atoms with Crippen LogP contribution >= 0.6 is 11.6 Å². The summed E-state index contributed by atoms with van der Waals surface area (Å²) in [6, 6.07) is 7.15. The Labute approximate surface area is 136 Å². The highest BCUT2D eigenvalue weighted by Gasteiger charge is 2.33. The van der Waals surface area contributed by atoms with E-state index in [0.29, 0.717) is 18.1 Å². The second kappa shape index (κ2) is 7.92. The fraction of sp³-hybridized carbons (Fsp3) is 0.562. The number of carbonyl (C=O) groups is 1. The molecule has 0 aliphatic carbocycles. The molecule has 1 heterocycles. The van der Waals surface area contributed by atoms with Gasteiger partial charge in [-0.3, -0.25) is 9.69 Å². The summed E-state index contributed by atoms with van der Waals surface area (Å²) in [5, 5.41) is 10.4. The van der Waals surface area contributed by atoms with Crippen LogP contribution in [0.3, 0.4) is 0 Å². The molecule has 1 fully saturated rings. The first-order valence-electron chi connectivity index (χ1n) is 7.47. The van der Waals surface area contributed by atoms with E-state index in [9.17, 15) is 9.90 Å². The van der Waals surface area contributed by atoms with Gasteiger partial charge in [0.15, 0.2) is 0 Å². The fourth-order valence-corrected chi connectivity index (χ4v) is 3.12. The summed E-state index contributed by atoms with van der Waals surface area (Å²) in [5.74, 6) is 0.0338. The molecule has 6 heteroatoms. The molecule has 0 radical (unpaired) electrons. The monoisotopic (exact) mass is 326 g/mol. The van der Waals surface area contributed by atoms with Crippen LogP contribution in [0, 0.1) is 0 Å². The number of hydrogen-bond acceptors (Lipinski definition) is 4. The summed E-state index contributed by atoms with van der Waals surface area (Å²) < 4.78 is 4.94. The molecule has 5 nitrogen and oxygen atoms in total. The predicted molar refractivity (Wildman–Crippen MR) is 87.3 cm³/mol. The van der Waals surface area contributed by atoms with Crippen molar-refractivity contribution in [2.45, 2.75) is 25.0 Å². The highest BCUT2D eigenvalue weighted by Crippen LogP contribution is 2.29. The number of methoxy groups -OCH3 is 1. The molecule has 122 valence electrons. The number of amides is 1. The number of halogens is 1. The second-order valence-corrected chi connectivity index (χ2v) is 6.06. The van der Waals surface area contributed by atoms with E-state index in [2.05, 4.69) is 0 Å². The number of ether oxygens (including phenoxy) is 1. The summed E-state index contributed by atoms with van der Waals surface area (Å²) in [6.07, 6.45) is 1.10. The Balaban J connectivity index is 2.08. The van der Waals surface area contributed by atoms with Gasteiger partial charge in [0.05, 0.1) is 29.5 Å². The Morgan fingerprint density at radius 3 is 2.91 bits per heavy atom. The van der Waals surface area contributed by atoms with Crippen LogP contribution in [-0.2, 0) is 9.53 Å². The van der Waals surface area contributed by atoms with Crippen molar-refractivity contribution in [2.24, 2.45) is 0 Å². The predicted octanol–water partition coefficient (Wildman–Crippen LogP) is 1.77. The normalized spacial score (nSPS) is 20.5. The van der Waals surface area contributed by atoms with Crippen LogP contribution < -0.4 is 4.90 Å². The lowest BCUT2D eigenvalue weighted by molar-refractivity contribution is -0.125. The molecule has 1 N–H and O–H groups in total. The van der Waals surface area contributed by atoms with E-state index in [1.165, 1.54) is 0 Å². The molecule has 2 rings (SSSR count). The summed E-state index contributed by atoms with van der Waals surface area (Å²) in [5.41, 5.74) is 0.754. The Morgan fingerprint density at radius 1 is 1.50 bits per heavy atom. The van der Waals surface area contributed by atoms with Gasteiger partial charge >= 0.3 is 0 Å². The Hall–Kier alpha value is -1.14. The zero-order valence-electron chi connectivity index (χ0n) is 13.0. The van der Waals surface area contributed by atoms with Gasteiger partial charge in [0.2, 0.25) is 5.91 Å². The number of para-hydroxylation sites is 1. The van der Waals surface area contributed by atoms with E-state index in [1.807, 2.05) is 30.1 Å². The van der Waals surface area contributed by atoms with Crippen molar-refractivity contribution in [3.63, 3.8) is 0 Å². The maximum atomic E-state index is 12.8. The van der Waals surface area contributed by atoms with E-state index in [4.69, 9.17) is 16.3 Å². The van der Waals surface area contributed by atoms with Crippen molar-refractivity contribution >= 4 is 23.2 Å². The van der Waals surface area contributed by atoms with Crippen LogP contribution in [0.2, 0.25) is 5.02 Å². The molecular formula is C16H23ClN2O3. The first-order valence-corrected chi connectivity index (χ1v) is 7.85. The molecular weight excluding hydrogens is 304 g/mol. The number of aliphatic hydroxyl groups excluding tert-OH is 1. The van der Waals surface area contributed by atoms with Crippen molar-refractivity contribution in [2.75, 3.05) is 38.8 Å². The molecule has 2 atom stereocenters. The maximum Gasteiger partial charge on any atom is 0.244 e. The van der Waals surface area contributed by atoms with Crippen molar-refractivity contribution in [1.29, 1.82) is 0 Å². The quantitative estimate of drug-likeness (QED) is 0.865. The van der Waals surface area contributed by atoms with E-state index in [-0.39, 0.29) is 18.6 Å². The molecule has 1 aliphatic heterocycles. The summed E-state index contributed by atoms with van der Waals surface area (Å²) in [7, 11) is 3.41. The second-order valence-electron chi connectivity index (χ2n) is 5.65.